The van der Waals surface area contributed by atoms with Crippen LogP contribution >= 0.6 is 34.7 Å². The number of para-hydroxylation sites is 1. The molecule has 0 saturated carbocycles. The van der Waals surface area contributed by atoms with Crippen LogP contribution in [-0.2, 0) is 9.59 Å². The van der Waals surface area contributed by atoms with E-state index in [9.17, 15) is 14.4 Å². The summed E-state index contributed by atoms with van der Waals surface area (Å²) in [5.41, 5.74) is 3.75. The zero-order valence-electron chi connectivity index (χ0n) is 27.2. The summed E-state index contributed by atoms with van der Waals surface area (Å²) in [5, 5.41) is 10.9. The Morgan fingerprint density at radius 1 is 0.824 bits per heavy atom. The Morgan fingerprint density at radius 2 is 1.53 bits per heavy atom. The summed E-state index contributed by atoms with van der Waals surface area (Å²) in [7, 11) is 1.54. The van der Waals surface area contributed by atoms with E-state index < -0.39 is 17.1 Å². The van der Waals surface area contributed by atoms with Gasteiger partial charge in [-0.25, -0.2) is 4.98 Å². The normalized spacial score (nSPS) is 11.7. The van der Waals surface area contributed by atoms with Crippen LogP contribution in [0, 0.1) is 0 Å². The molecular weight excluding hydrogens is 700 g/mol. The lowest BCUT2D eigenvalue weighted by Crippen LogP contribution is -2.30. The van der Waals surface area contributed by atoms with Gasteiger partial charge in [0.15, 0.2) is 5.13 Å². The summed E-state index contributed by atoms with van der Waals surface area (Å²) in [4.78, 5) is 46.0. The standard InChI is InChI=1S/C40H31ClN4O4S2/c1-49-35-22-11-8-17-28(35)23-33(43-37(46)27-15-6-3-7-16-27)38(47)42-29-18-12-19-30(24-29)51-36(26-13-4-2-5-14-26)39(48)45-40-44-34(25-50-40)31-20-9-10-21-32(31)41/h2-25,36H,1H3,(H,42,47)(H,43,46)(H,44,45,48)/b33-23+. The van der Waals surface area contributed by atoms with Crippen LogP contribution in [0.2, 0.25) is 5.02 Å². The van der Waals surface area contributed by atoms with Crippen LogP contribution in [0.5, 0.6) is 5.75 Å². The number of ether oxygens (including phenoxy) is 1. The van der Waals surface area contributed by atoms with Gasteiger partial charge in [0, 0.05) is 37.7 Å². The van der Waals surface area contributed by atoms with Crippen LogP contribution in [0.25, 0.3) is 17.3 Å². The third kappa shape index (κ3) is 9.11. The first kappa shape index (κ1) is 35.2. The third-order valence-electron chi connectivity index (χ3n) is 7.54. The number of benzene rings is 5. The van der Waals surface area contributed by atoms with Crippen molar-refractivity contribution in [2.24, 2.45) is 0 Å². The van der Waals surface area contributed by atoms with E-state index in [0.29, 0.717) is 38.4 Å². The lowest BCUT2D eigenvalue weighted by atomic mass is 10.1. The number of methoxy groups -OCH3 is 1. The highest BCUT2D eigenvalue weighted by atomic mass is 35.5. The van der Waals surface area contributed by atoms with Gasteiger partial charge in [-0.2, -0.15) is 0 Å². The van der Waals surface area contributed by atoms with Crippen LogP contribution in [0.1, 0.15) is 26.7 Å². The molecule has 3 N–H and O–H groups in total. The van der Waals surface area contributed by atoms with Crippen molar-refractivity contribution in [2.75, 3.05) is 17.7 Å². The molecule has 11 heteroatoms. The zero-order chi connectivity index (χ0) is 35.6. The highest BCUT2D eigenvalue weighted by Gasteiger charge is 2.24. The highest BCUT2D eigenvalue weighted by molar-refractivity contribution is 8.00. The molecule has 3 amide bonds. The van der Waals surface area contributed by atoms with Gasteiger partial charge in [-0.15, -0.1) is 23.1 Å². The minimum absolute atomic E-state index is 0.0209. The number of thioether (sulfide) groups is 1. The summed E-state index contributed by atoms with van der Waals surface area (Å²) < 4.78 is 5.47. The van der Waals surface area contributed by atoms with E-state index in [1.165, 1.54) is 30.2 Å². The Labute approximate surface area is 308 Å². The fourth-order valence-corrected chi connectivity index (χ4v) is 7.09. The van der Waals surface area contributed by atoms with Crippen LogP contribution in [0.15, 0.2) is 149 Å². The van der Waals surface area contributed by atoms with Crippen molar-refractivity contribution in [1.29, 1.82) is 0 Å². The van der Waals surface area contributed by atoms with Gasteiger partial charge in [0.05, 0.1) is 12.8 Å². The molecule has 0 aliphatic carbocycles. The largest absolute Gasteiger partial charge is 0.496 e. The number of aromatic nitrogens is 1. The average Bonchev–Trinajstić information content (AvgIpc) is 3.62. The minimum atomic E-state index is -0.643. The summed E-state index contributed by atoms with van der Waals surface area (Å²) in [6, 6.07) is 39.9. The number of hydrogen-bond acceptors (Lipinski definition) is 7. The van der Waals surface area contributed by atoms with E-state index in [-0.39, 0.29) is 11.6 Å². The molecular formula is C40H31ClN4O4S2. The molecule has 1 atom stereocenters. The maximum absolute atomic E-state index is 13.8. The number of thiazole rings is 1. The van der Waals surface area contributed by atoms with Gasteiger partial charge < -0.3 is 20.7 Å². The number of rotatable bonds is 12. The molecule has 0 bridgehead atoms. The molecule has 6 aromatic rings. The Hall–Kier alpha value is -5.68. The maximum Gasteiger partial charge on any atom is 0.272 e. The maximum atomic E-state index is 13.8. The number of nitrogens with one attached hydrogen (secondary N) is 3. The van der Waals surface area contributed by atoms with Crippen LogP contribution in [-0.4, -0.2) is 29.8 Å². The SMILES string of the molecule is COc1ccccc1/C=C(/NC(=O)c1ccccc1)C(=O)Nc1cccc(SC(C(=O)Nc2nc(-c3ccccc3Cl)cs2)c2ccccc2)c1. The molecule has 0 radical (unpaired) electrons. The molecule has 0 saturated heterocycles. The summed E-state index contributed by atoms with van der Waals surface area (Å²) in [6.07, 6.45) is 1.57. The van der Waals surface area contributed by atoms with Crippen molar-refractivity contribution in [2.45, 2.75) is 10.1 Å². The van der Waals surface area contributed by atoms with Crippen molar-refractivity contribution >= 4 is 69.3 Å². The summed E-state index contributed by atoms with van der Waals surface area (Å²) in [6.45, 7) is 0. The lowest BCUT2D eigenvalue weighted by molar-refractivity contribution is -0.116. The Morgan fingerprint density at radius 3 is 2.29 bits per heavy atom. The average molecular weight is 731 g/mol. The van der Waals surface area contributed by atoms with Gasteiger partial charge in [-0.05, 0) is 54.1 Å². The minimum Gasteiger partial charge on any atom is -0.496 e. The molecule has 1 unspecified atom stereocenters. The predicted molar refractivity (Wildman–Crippen MR) is 206 cm³/mol. The van der Waals surface area contributed by atoms with E-state index in [4.69, 9.17) is 16.3 Å². The number of nitrogens with zero attached hydrogens (tertiary/aromatic N) is 1. The van der Waals surface area contributed by atoms with Gasteiger partial charge >= 0.3 is 0 Å². The lowest BCUT2D eigenvalue weighted by Gasteiger charge is -2.17. The smallest absolute Gasteiger partial charge is 0.272 e. The molecule has 1 aromatic heterocycles. The predicted octanol–water partition coefficient (Wildman–Crippen LogP) is 9.35. The fourth-order valence-electron chi connectivity index (χ4n) is 5.06. The van der Waals surface area contributed by atoms with Crippen molar-refractivity contribution in [1.82, 2.24) is 10.3 Å². The van der Waals surface area contributed by atoms with Crippen molar-refractivity contribution in [3.63, 3.8) is 0 Å². The van der Waals surface area contributed by atoms with Gasteiger partial charge in [0.2, 0.25) is 5.91 Å². The molecule has 0 aliphatic rings. The zero-order valence-corrected chi connectivity index (χ0v) is 29.6. The first-order chi connectivity index (χ1) is 24.9. The van der Waals surface area contributed by atoms with Gasteiger partial charge in [-0.1, -0.05) is 103 Å². The van der Waals surface area contributed by atoms with E-state index in [1.54, 1.807) is 66.7 Å². The quantitative estimate of drug-likeness (QED) is 0.0856. The van der Waals surface area contributed by atoms with E-state index in [0.717, 1.165) is 16.0 Å². The van der Waals surface area contributed by atoms with Crippen LogP contribution < -0.4 is 20.7 Å². The Balaban J connectivity index is 1.22. The molecule has 51 heavy (non-hydrogen) atoms. The second-order valence-corrected chi connectivity index (χ2v) is 13.5. The molecule has 8 nitrogen and oxygen atoms in total. The van der Waals surface area contributed by atoms with E-state index in [1.807, 2.05) is 78.2 Å². The molecule has 5 aromatic carbocycles. The molecule has 0 aliphatic heterocycles. The number of amides is 3. The van der Waals surface area contributed by atoms with Gasteiger partial charge in [0.1, 0.15) is 16.7 Å². The second-order valence-electron chi connectivity index (χ2n) is 11.0. The Kier molecular flexibility index (Phi) is 11.6. The highest BCUT2D eigenvalue weighted by Crippen LogP contribution is 2.38. The van der Waals surface area contributed by atoms with Gasteiger partial charge in [-0.3, -0.25) is 14.4 Å². The number of carbonyl (C=O) groups is 3. The third-order valence-corrected chi connectivity index (χ3v) is 9.87. The van der Waals surface area contributed by atoms with Gasteiger partial charge in [0.25, 0.3) is 11.8 Å². The van der Waals surface area contributed by atoms with E-state index in [2.05, 4.69) is 20.9 Å². The van der Waals surface area contributed by atoms with Crippen LogP contribution in [0.4, 0.5) is 10.8 Å². The number of carbonyl (C=O) groups excluding carboxylic acids is 3. The molecule has 6 rings (SSSR count). The van der Waals surface area contributed by atoms with Crippen LogP contribution in [0.3, 0.4) is 0 Å². The molecule has 0 spiro atoms. The Bertz CT molecular complexity index is 2190. The first-order valence-corrected chi connectivity index (χ1v) is 17.9. The number of anilines is 2. The first-order valence-electron chi connectivity index (χ1n) is 15.7. The van der Waals surface area contributed by atoms with Crippen molar-refractivity contribution in [3.8, 4) is 17.0 Å². The monoisotopic (exact) mass is 730 g/mol. The van der Waals surface area contributed by atoms with E-state index >= 15 is 0 Å². The molecule has 254 valence electrons. The van der Waals surface area contributed by atoms with Crippen molar-refractivity contribution < 1.29 is 19.1 Å². The summed E-state index contributed by atoms with van der Waals surface area (Å²) >= 11 is 9.02. The fraction of sp³-hybridized carbons (Fsp3) is 0.0500. The molecule has 0 fully saturated rings. The number of halogens is 1. The topological polar surface area (TPSA) is 109 Å². The van der Waals surface area contributed by atoms with Crippen molar-refractivity contribution in [3.05, 3.63) is 166 Å². The summed E-state index contributed by atoms with van der Waals surface area (Å²) in [5.74, 6) is -0.695. The number of hydrogen-bond donors (Lipinski definition) is 3. The molecule has 1 heterocycles. The second kappa shape index (κ2) is 16.8.